The molecule has 2 aliphatic rings. The van der Waals surface area contributed by atoms with Gasteiger partial charge in [-0.25, -0.2) is 0 Å². The summed E-state index contributed by atoms with van der Waals surface area (Å²) in [4.78, 5) is 2.49. The van der Waals surface area contributed by atoms with Crippen molar-refractivity contribution in [2.75, 3.05) is 13.1 Å². The molecule has 0 radical (unpaired) electrons. The maximum atomic E-state index is 9.48. The summed E-state index contributed by atoms with van der Waals surface area (Å²) >= 11 is 0. The Balaban J connectivity index is 1.51. The Morgan fingerprint density at radius 2 is 1.78 bits per heavy atom. The highest BCUT2D eigenvalue weighted by Crippen LogP contribution is 2.48. The normalized spacial score (nSPS) is 27.0. The van der Waals surface area contributed by atoms with Crippen LogP contribution in [0.25, 0.3) is 0 Å². The third kappa shape index (κ3) is 2.73. The number of aromatic hydroxyl groups is 1. The van der Waals surface area contributed by atoms with Crippen LogP contribution in [0.4, 0.5) is 0 Å². The van der Waals surface area contributed by atoms with Crippen LogP contribution in [-0.2, 0) is 11.3 Å². The van der Waals surface area contributed by atoms with Crippen molar-refractivity contribution < 1.29 is 9.84 Å². The van der Waals surface area contributed by atoms with E-state index in [0.29, 0.717) is 17.6 Å². The Kier molecular flexibility index (Phi) is 3.58. The average molecular weight is 307 g/mol. The van der Waals surface area contributed by atoms with Gasteiger partial charge in [-0.3, -0.25) is 4.90 Å². The maximum absolute atomic E-state index is 9.48. The predicted octanol–water partition coefficient (Wildman–Crippen LogP) is 3.73. The standard InChI is InChI=1S/C20H21NO2/c1-14-18-12-21(11-15-5-3-2-4-6-15)13-19(18)20(23-14)16-7-9-17(22)10-8-16/h2-10,18-20,22H,1,11-13H2/t18-,19-,20?/m1/s1. The molecular weight excluding hydrogens is 286 g/mol. The van der Waals surface area contributed by atoms with Crippen molar-refractivity contribution in [3.8, 4) is 5.75 Å². The van der Waals surface area contributed by atoms with Crippen molar-refractivity contribution in [1.82, 2.24) is 4.90 Å². The second-order valence-corrected chi connectivity index (χ2v) is 6.55. The molecule has 3 atom stereocenters. The molecule has 0 saturated carbocycles. The summed E-state index contributed by atoms with van der Waals surface area (Å²) in [6.07, 6.45) is 0.0499. The summed E-state index contributed by atoms with van der Waals surface area (Å²) < 4.78 is 6.05. The lowest BCUT2D eigenvalue weighted by atomic mass is 9.89. The van der Waals surface area contributed by atoms with Crippen molar-refractivity contribution in [1.29, 1.82) is 0 Å². The predicted molar refractivity (Wildman–Crippen MR) is 89.8 cm³/mol. The quantitative estimate of drug-likeness (QED) is 0.938. The number of rotatable bonds is 3. The van der Waals surface area contributed by atoms with Crippen LogP contribution in [0.3, 0.4) is 0 Å². The van der Waals surface area contributed by atoms with Crippen LogP contribution in [0, 0.1) is 11.8 Å². The molecule has 2 saturated heterocycles. The average Bonchev–Trinajstić information content (AvgIpc) is 3.10. The first-order valence-electron chi connectivity index (χ1n) is 8.11. The van der Waals surface area contributed by atoms with Crippen molar-refractivity contribution in [3.05, 3.63) is 78.1 Å². The molecule has 3 nitrogen and oxygen atoms in total. The van der Waals surface area contributed by atoms with Crippen LogP contribution in [-0.4, -0.2) is 23.1 Å². The lowest BCUT2D eigenvalue weighted by Crippen LogP contribution is -2.22. The van der Waals surface area contributed by atoms with Crippen molar-refractivity contribution in [2.24, 2.45) is 11.8 Å². The van der Waals surface area contributed by atoms with Gasteiger partial charge in [-0.05, 0) is 23.3 Å². The molecule has 2 fully saturated rings. The molecule has 0 aliphatic carbocycles. The maximum Gasteiger partial charge on any atom is 0.128 e. The Morgan fingerprint density at radius 1 is 1.04 bits per heavy atom. The molecule has 118 valence electrons. The van der Waals surface area contributed by atoms with E-state index < -0.39 is 0 Å². The molecule has 0 bridgehead atoms. The second kappa shape index (κ2) is 5.74. The molecule has 0 amide bonds. The van der Waals surface area contributed by atoms with E-state index in [0.717, 1.165) is 31.0 Å². The van der Waals surface area contributed by atoms with E-state index in [1.165, 1.54) is 5.56 Å². The van der Waals surface area contributed by atoms with Crippen molar-refractivity contribution in [3.63, 3.8) is 0 Å². The number of hydrogen-bond acceptors (Lipinski definition) is 3. The van der Waals surface area contributed by atoms with Gasteiger partial charge in [0.2, 0.25) is 0 Å². The summed E-state index contributed by atoms with van der Waals surface area (Å²) in [5.41, 5.74) is 2.47. The molecule has 2 aromatic carbocycles. The van der Waals surface area contributed by atoms with Gasteiger partial charge in [0, 0.05) is 31.5 Å². The topological polar surface area (TPSA) is 32.7 Å². The summed E-state index contributed by atoms with van der Waals surface area (Å²) in [6.45, 7) is 7.13. The van der Waals surface area contributed by atoms with Gasteiger partial charge in [-0.15, -0.1) is 0 Å². The molecular formula is C20H21NO2. The van der Waals surface area contributed by atoms with Gasteiger partial charge in [0.05, 0.1) is 5.76 Å². The summed E-state index contributed by atoms with van der Waals surface area (Å²) in [7, 11) is 0. The molecule has 2 aromatic rings. The van der Waals surface area contributed by atoms with Gasteiger partial charge in [0.15, 0.2) is 0 Å². The number of phenols is 1. The molecule has 4 rings (SSSR count). The number of fused-ring (bicyclic) bond motifs is 1. The third-order valence-electron chi connectivity index (χ3n) is 4.99. The molecule has 1 N–H and O–H groups in total. The van der Waals surface area contributed by atoms with E-state index in [9.17, 15) is 5.11 Å². The Bertz CT molecular complexity index is 695. The summed E-state index contributed by atoms with van der Waals surface area (Å²) in [5.74, 6) is 2.04. The number of likely N-dealkylation sites (tertiary alicyclic amines) is 1. The van der Waals surface area contributed by atoms with Crippen LogP contribution >= 0.6 is 0 Å². The van der Waals surface area contributed by atoms with Gasteiger partial charge in [-0.2, -0.15) is 0 Å². The fraction of sp³-hybridized carbons (Fsp3) is 0.300. The first-order valence-corrected chi connectivity index (χ1v) is 8.11. The van der Waals surface area contributed by atoms with E-state index in [-0.39, 0.29) is 6.10 Å². The van der Waals surface area contributed by atoms with E-state index in [1.807, 2.05) is 12.1 Å². The summed E-state index contributed by atoms with van der Waals surface area (Å²) in [6, 6.07) is 18.0. The zero-order valence-electron chi connectivity index (χ0n) is 13.1. The van der Waals surface area contributed by atoms with Gasteiger partial charge in [-0.1, -0.05) is 49.0 Å². The smallest absolute Gasteiger partial charge is 0.128 e. The van der Waals surface area contributed by atoms with Gasteiger partial charge >= 0.3 is 0 Å². The number of nitrogens with zero attached hydrogens (tertiary/aromatic N) is 1. The highest BCUT2D eigenvalue weighted by Gasteiger charge is 2.47. The van der Waals surface area contributed by atoms with Gasteiger partial charge in [0.1, 0.15) is 11.9 Å². The number of ether oxygens (including phenoxy) is 1. The fourth-order valence-corrected chi connectivity index (χ4v) is 3.85. The first-order chi connectivity index (χ1) is 11.2. The number of phenolic OH excluding ortho intramolecular Hbond substituents is 1. The highest BCUT2D eigenvalue weighted by atomic mass is 16.5. The minimum absolute atomic E-state index is 0.0499. The largest absolute Gasteiger partial charge is 0.508 e. The number of hydrogen-bond donors (Lipinski definition) is 1. The second-order valence-electron chi connectivity index (χ2n) is 6.55. The molecule has 2 aliphatic heterocycles. The van der Waals surface area contributed by atoms with E-state index >= 15 is 0 Å². The van der Waals surface area contributed by atoms with E-state index in [1.54, 1.807) is 12.1 Å². The zero-order valence-corrected chi connectivity index (χ0v) is 13.1. The lowest BCUT2D eigenvalue weighted by Gasteiger charge is -2.21. The van der Waals surface area contributed by atoms with Gasteiger partial charge in [0.25, 0.3) is 0 Å². The molecule has 2 heterocycles. The summed E-state index contributed by atoms with van der Waals surface area (Å²) in [5, 5.41) is 9.48. The van der Waals surface area contributed by atoms with E-state index in [4.69, 9.17) is 4.74 Å². The third-order valence-corrected chi connectivity index (χ3v) is 4.99. The zero-order chi connectivity index (χ0) is 15.8. The molecule has 0 aromatic heterocycles. The molecule has 1 unspecified atom stereocenters. The molecule has 3 heteroatoms. The van der Waals surface area contributed by atoms with Crippen molar-refractivity contribution >= 4 is 0 Å². The monoisotopic (exact) mass is 307 g/mol. The van der Waals surface area contributed by atoms with Gasteiger partial charge < -0.3 is 9.84 Å². The van der Waals surface area contributed by atoms with Crippen LogP contribution in [0.5, 0.6) is 5.75 Å². The van der Waals surface area contributed by atoms with Crippen LogP contribution in [0.15, 0.2) is 66.9 Å². The minimum atomic E-state index is 0.0499. The Hall–Kier alpha value is -2.26. The minimum Gasteiger partial charge on any atom is -0.508 e. The highest BCUT2D eigenvalue weighted by molar-refractivity contribution is 5.30. The lowest BCUT2D eigenvalue weighted by molar-refractivity contribution is 0.117. The molecule has 0 spiro atoms. The SMILES string of the molecule is C=C1OC(c2ccc(O)cc2)[C@@H]2CN(Cc3ccccc3)C[C@H]12. The number of benzene rings is 2. The van der Waals surface area contributed by atoms with E-state index in [2.05, 4.69) is 41.8 Å². The van der Waals surface area contributed by atoms with Crippen molar-refractivity contribution in [2.45, 2.75) is 12.6 Å². The fourth-order valence-electron chi connectivity index (χ4n) is 3.85. The van der Waals surface area contributed by atoms with Crippen LogP contribution in [0.1, 0.15) is 17.2 Å². The van der Waals surface area contributed by atoms with Crippen LogP contribution < -0.4 is 0 Å². The molecule has 23 heavy (non-hydrogen) atoms. The first kappa shape index (κ1) is 14.3. The Morgan fingerprint density at radius 3 is 2.52 bits per heavy atom. The van der Waals surface area contributed by atoms with Crippen LogP contribution in [0.2, 0.25) is 0 Å². The Labute approximate surface area is 136 Å².